The Bertz CT molecular complexity index is 872. The Labute approximate surface area is 175 Å². The standard InChI is InChI=1S/C21H23F2NO4.ClH/c1-5-24(6-2)13(3)27-21(26)18-11-15(7-10-20(18)28-14(4)25)17-9-8-16(22)12-19(17)23;/h7-13H,5-6H2,1-4H3;1H. The molecule has 0 aliphatic rings. The Kier molecular flexibility index (Phi) is 9.20. The van der Waals surface area contributed by atoms with Gasteiger partial charge in [0.1, 0.15) is 22.9 Å². The summed E-state index contributed by atoms with van der Waals surface area (Å²) in [6.45, 7) is 8.19. The average Bonchev–Trinajstić information content (AvgIpc) is 2.62. The zero-order valence-corrected chi connectivity index (χ0v) is 17.5. The number of carbonyl (C=O) groups is 2. The number of halogens is 3. The van der Waals surface area contributed by atoms with Crippen molar-refractivity contribution in [2.75, 3.05) is 13.1 Å². The minimum Gasteiger partial charge on any atom is -0.443 e. The SMILES string of the molecule is CCN(CC)C(C)OC(=O)c1cc(-c2ccc(F)cc2F)ccc1OC(C)=O.Cl. The van der Waals surface area contributed by atoms with E-state index in [1.54, 1.807) is 6.92 Å². The van der Waals surface area contributed by atoms with Crippen LogP contribution in [0, 0.1) is 11.6 Å². The van der Waals surface area contributed by atoms with Gasteiger partial charge in [0.2, 0.25) is 0 Å². The molecule has 1 atom stereocenters. The van der Waals surface area contributed by atoms with Crippen molar-refractivity contribution < 1.29 is 27.8 Å². The van der Waals surface area contributed by atoms with E-state index in [4.69, 9.17) is 9.47 Å². The van der Waals surface area contributed by atoms with Crippen molar-refractivity contribution in [2.24, 2.45) is 0 Å². The number of hydrogen-bond donors (Lipinski definition) is 0. The molecule has 2 aromatic carbocycles. The molecule has 0 bridgehead atoms. The maximum Gasteiger partial charge on any atom is 0.343 e. The monoisotopic (exact) mass is 427 g/mol. The predicted octanol–water partition coefficient (Wildman–Crippen LogP) is 4.82. The Hall–Kier alpha value is -2.51. The van der Waals surface area contributed by atoms with E-state index in [1.807, 2.05) is 18.7 Å². The van der Waals surface area contributed by atoms with E-state index in [-0.39, 0.29) is 29.3 Å². The van der Waals surface area contributed by atoms with Crippen LogP contribution in [0.15, 0.2) is 36.4 Å². The first-order valence-electron chi connectivity index (χ1n) is 8.99. The van der Waals surface area contributed by atoms with E-state index in [2.05, 4.69) is 0 Å². The first kappa shape index (κ1) is 24.5. The van der Waals surface area contributed by atoms with Gasteiger partial charge in [-0.05, 0) is 49.8 Å². The van der Waals surface area contributed by atoms with Gasteiger partial charge in [-0.15, -0.1) is 12.4 Å². The third-order valence-electron chi connectivity index (χ3n) is 4.30. The molecule has 29 heavy (non-hydrogen) atoms. The third-order valence-corrected chi connectivity index (χ3v) is 4.30. The molecule has 5 nitrogen and oxygen atoms in total. The van der Waals surface area contributed by atoms with Gasteiger partial charge in [-0.3, -0.25) is 9.69 Å². The summed E-state index contributed by atoms with van der Waals surface area (Å²) in [5, 5.41) is 0. The summed E-state index contributed by atoms with van der Waals surface area (Å²) >= 11 is 0. The van der Waals surface area contributed by atoms with Crippen molar-refractivity contribution >= 4 is 24.3 Å². The zero-order chi connectivity index (χ0) is 20.8. The first-order valence-corrected chi connectivity index (χ1v) is 8.99. The molecule has 2 rings (SSSR count). The van der Waals surface area contributed by atoms with Gasteiger partial charge in [-0.1, -0.05) is 19.9 Å². The lowest BCUT2D eigenvalue weighted by Crippen LogP contribution is -2.36. The van der Waals surface area contributed by atoms with E-state index in [0.29, 0.717) is 18.7 Å². The Morgan fingerprint density at radius 3 is 2.28 bits per heavy atom. The smallest absolute Gasteiger partial charge is 0.343 e. The lowest BCUT2D eigenvalue weighted by molar-refractivity contribution is -0.131. The van der Waals surface area contributed by atoms with Crippen molar-refractivity contribution in [3.8, 4) is 16.9 Å². The quantitative estimate of drug-likeness (QED) is 0.360. The van der Waals surface area contributed by atoms with Crippen LogP contribution in [0.2, 0.25) is 0 Å². The molecule has 0 radical (unpaired) electrons. The molecule has 0 aliphatic carbocycles. The number of ether oxygens (including phenoxy) is 2. The van der Waals surface area contributed by atoms with Gasteiger partial charge in [0.15, 0.2) is 6.23 Å². The van der Waals surface area contributed by atoms with Crippen LogP contribution in [0.1, 0.15) is 38.1 Å². The predicted molar refractivity (Wildman–Crippen MR) is 108 cm³/mol. The van der Waals surface area contributed by atoms with Gasteiger partial charge < -0.3 is 9.47 Å². The first-order chi connectivity index (χ1) is 13.3. The molecule has 0 heterocycles. The summed E-state index contributed by atoms with van der Waals surface area (Å²) in [5.74, 6) is -2.77. The Morgan fingerprint density at radius 2 is 1.72 bits per heavy atom. The van der Waals surface area contributed by atoms with Crippen LogP contribution < -0.4 is 4.74 Å². The summed E-state index contributed by atoms with van der Waals surface area (Å²) in [6.07, 6.45) is -0.501. The minimum atomic E-state index is -0.768. The molecular weight excluding hydrogens is 404 g/mol. The molecule has 0 amide bonds. The molecule has 0 saturated heterocycles. The molecule has 158 valence electrons. The number of rotatable bonds is 7. The Morgan fingerprint density at radius 1 is 1.07 bits per heavy atom. The number of carbonyl (C=O) groups excluding carboxylic acids is 2. The summed E-state index contributed by atoms with van der Waals surface area (Å²) in [5.41, 5.74) is 0.424. The van der Waals surface area contributed by atoms with Crippen LogP contribution in [0.3, 0.4) is 0 Å². The van der Waals surface area contributed by atoms with Crippen molar-refractivity contribution in [2.45, 2.75) is 33.9 Å². The highest BCUT2D eigenvalue weighted by Gasteiger charge is 2.22. The van der Waals surface area contributed by atoms with Crippen LogP contribution in [0.4, 0.5) is 8.78 Å². The molecule has 0 N–H and O–H groups in total. The molecule has 0 aliphatic heterocycles. The van der Waals surface area contributed by atoms with E-state index >= 15 is 0 Å². The summed E-state index contributed by atoms with van der Waals surface area (Å²) in [7, 11) is 0. The van der Waals surface area contributed by atoms with Crippen LogP contribution in [-0.2, 0) is 9.53 Å². The summed E-state index contributed by atoms with van der Waals surface area (Å²) in [4.78, 5) is 26.0. The van der Waals surface area contributed by atoms with Crippen LogP contribution in [0.5, 0.6) is 5.75 Å². The highest BCUT2D eigenvalue weighted by molar-refractivity contribution is 5.95. The normalized spacial score (nSPS) is 11.6. The fourth-order valence-corrected chi connectivity index (χ4v) is 2.86. The van der Waals surface area contributed by atoms with Gasteiger partial charge in [-0.2, -0.15) is 0 Å². The minimum absolute atomic E-state index is 0. The lowest BCUT2D eigenvalue weighted by atomic mass is 10.0. The highest BCUT2D eigenvalue weighted by Crippen LogP contribution is 2.30. The van der Waals surface area contributed by atoms with Crippen LogP contribution >= 0.6 is 12.4 Å². The summed E-state index contributed by atoms with van der Waals surface area (Å²) < 4.78 is 37.9. The van der Waals surface area contributed by atoms with E-state index in [9.17, 15) is 18.4 Å². The third kappa shape index (κ3) is 6.24. The fraction of sp³-hybridized carbons (Fsp3) is 0.333. The van der Waals surface area contributed by atoms with Gasteiger partial charge in [0.05, 0.1) is 0 Å². The maximum atomic E-state index is 14.1. The Balaban J connectivity index is 0.00000420. The largest absolute Gasteiger partial charge is 0.443 e. The number of nitrogens with zero attached hydrogens (tertiary/aromatic N) is 1. The molecule has 2 aromatic rings. The second kappa shape index (κ2) is 10.9. The van der Waals surface area contributed by atoms with Gasteiger partial charge >= 0.3 is 11.9 Å². The molecule has 0 spiro atoms. The lowest BCUT2D eigenvalue weighted by Gasteiger charge is -2.26. The van der Waals surface area contributed by atoms with E-state index in [1.165, 1.54) is 31.2 Å². The molecule has 8 heteroatoms. The van der Waals surface area contributed by atoms with Crippen molar-refractivity contribution in [1.29, 1.82) is 0 Å². The highest BCUT2D eigenvalue weighted by atomic mass is 35.5. The van der Waals surface area contributed by atoms with Gasteiger partial charge in [0, 0.05) is 18.6 Å². The summed E-state index contributed by atoms with van der Waals surface area (Å²) in [6, 6.07) is 7.40. The van der Waals surface area contributed by atoms with Crippen LogP contribution in [-0.4, -0.2) is 36.2 Å². The number of esters is 2. The van der Waals surface area contributed by atoms with Crippen molar-refractivity contribution in [3.63, 3.8) is 0 Å². The molecule has 0 fully saturated rings. The molecule has 1 unspecified atom stereocenters. The number of benzene rings is 2. The van der Waals surface area contributed by atoms with E-state index in [0.717, 1.165) is 12.1 Å². The second-order valence-electron chi connectivity index (χ2n) is 6.15. The average molecular weight is 428 g/mol. The van der Waals surface area contributed by atoms with Crippen LogP contribution in [0.25, 0.3) is 11.1 Å². The molecule has 0 saturated carbocycles. The molecule has 0 aromatic heterocycles. The fourth-order valence-electron chi connectivity index (χ4n) is 2.86. The van der Waals surface area contributed by atoms with Crippen molar-refractivity contribution in [3.05, 3.63) is 53.6 Å². The topological polar surface area (TPSA) is 55.8 Å². The van der Waals surface area contributed by atoms with Gasteiger partial charge in [-0.25, -0.2) is 13.6 Å². The maximum absolute atomic E-state index is 14.1. The second-order valence-corrected chi connectivity index (χ2v) is 6.15. The zero-order valence-electron chi connectivity index (χ0n) is 16.7. The molecular formula is C21H24ClF2NO4. The van der Waals surface area contributed by atoms with Crippen molar-refractivity contribution in [1.82, 2.24) is 4.90 Å². The number of hydrogen-bond acceptors (Lipinski definition) is 5. The van der Waals surface area contributed by atoms with Gasteiger partial charge in [0.25, 0.3) is 0 Å². The van der Waals surface area contributed by atoms with E-state index < -0.39 is 29.8 Å².